The third kappa shape index (κ3) is 4.72. The summed E-state index contributed by atoms with van der Waals surface area (Å²) in [5.74, 6) is 0. The van der Waals surface area contributed by atoms with Crippen LogP contribution in [0.5, 0.6) is 0 Å². The van der Waals surface area contributed by atoms with Crippen molar-refractivity contribution in [2.24, 2.45) is 4.99 Å². The van der Waals surface area contributed by atoms with Gasteiger partial charge in [0.15, 0.2) is 0 Å². The number of allylic oxidation sites excluding steroid dienone is 1. The predicted molar refractivity (Wildman–Crippen MR) is 104 cm³/mol. The molecule has 0 radical (unpaired) electrons. The van der Waals surface area contributed by atoms with Crippen LogP contribution in [0.3, 0.4) is 0 Å². The van der Waals surface area contributed by atoms with Gasteiger partial charge >= 0.3 is 6.18 Å². The zero-order valence-corrected chi connectivity index (χ0v) is 15.6. The quantitative estimate of drug-likeness (QED) is 0.599. The lowest BCUT2D eigenvalue weighted by molar-refractivity contribution is -0.137. The van der Waals surface area contributed by atoms with Gasteiger partial charge in [0.25, 0.3) is 0 Å². The molecule has 1 N–H and O–H groups in total. The van der Waals surface area contributed by atoms with Gasteiger partial charge in [-0.05, 0) is 35.9 Å². The van der Waals surface area contributed by atoms with Crippen LogP contribution in [0.2, 0.25) is 10.0 Å². The SMILES string of the molecule is Cl.FC(F)(F)c1ccc2c(c1)NCCN=C2C=Cc1ccc(Cl)c(Cl)c1. The molecule has 0 unspecified atom stereocenters. The maximum absolute atomic E-state index is 12.9. The average molecular weight is 422 g/mol. The number of alkyl halides is 3. The average Bonchev–Trinajstić information content (AvgIpc) is 2.76. The minimum absolute atomic E-state index is 0. The largest absolute Gasteiger partial charge is 0.416 e. The van der Waals surface area contributed by atoms with Crippen LogP contribution >= 0.6 is 35.6 Å². The number of hydrogen-bond acceptors (Lipinski definition) is 2. The lowest BCUT2D eigenvalue weighted by atomic mass is 10.0. The van der Waals surface area contributed by atoms with Crippen LogP contribution in [0.1, 0.15) is 16.7 Å². The Labute approximate surface area is 165 Å². The molecule has 1 heterocycles. The maximum atomic E-state index is 12.9. The zero-order valence-electron chi connectivity index (χ0n) is 13.3. The Morgan fingerprint density at radius 2 is 1.77 bits per heavy atom. The van der Waals surface area contributed by atoms with Crippen molar-refractivity contribution in [3.05, 3.63) is 69.2 Å². The lowest BCUT2D eigenvalue weighted by Gasteiger charge is -2.12. The molecular formula is C18H14Cl3F3N2. The monoisotopic (exact) mass is 420 g/mol. The molecular weight excluding hydrogens is 408 g/mol. The summed E-state index contributed by atoms with van der Waals surface area (Å²) >= 11 is 11.9. The molecule has 0 aliphatic carbocycles. The lowest BCUT2D eigenvalue weighted by Crippen LogP contribution is -2.09. The first-order valence-corrected chi connectivity index (χ1v) is 8.23. The van der Waals surface area contributed by atoms with Gasteiger partial charge in [0.1, 0.15) is 0 Å². The Balaban J connectivity index is 0.00000243. The van der Waals surface area contributed by atoms with Gasteiger partial charge in [-0.2, -0.15) is 13.2 Å². The molecule has 0 spiro atoms. The number of anilines is 1. The van der Waals surface area contributed by atoms with Gasteiger partial charge in [-0.1, -0.05) is 41.4 Å². The summed E-state index contributed by atoms with van der Waals surface area (Å²) in [5, 5.41) is 3.89. The van der Waals surface area contributed by atoms with Crippen molar-refractivity contribution in [2.45, 2.75) is 6.18 Å². The summed E-state index contributed by atoms with van der Waals surface area (Å²) in [6, 6.07) is 8.81. The molecule has 8 heteroatoms. The number of nitrogens with one attached hydrogen (secondary N) is 1. The number of nitrogens with zero attached hydrogens (tertiary/aromatic N) is 1. The molecule has 138 valence electrons. The number of fused-ring (bicyclic) bond motifs is 1. The fourth-order valence-electron chi connectivity index (χ4n) is 2.48. The van der Waals surface area contributed by atoms with Crippen molar-refractivity contribution in [3.63, 3.8) is 0 Å². The number of halogens is 6. The van der Waals surface area contributed by atoms with Gasteiger partial charge in [0.05, 0.1) is 27.9 Å². The van der Waals surface area contributed by atoms with Gasteiger partial charge in [0.2, 0.25) is 0 Å². The second-order valence-electron chi connectivity index (χ2n) is 5.46. The minimum atomic E-state index is -4.38. The van der Waals surface area contributed by atoms with Gasteiger partial charge in [-0.25, -0.2) is 0 Å². The van der Waals surface area contributed by atoms with Crippen LogP contribution in [0.15, 0.2) is 47.5 Å². The Hall–Kier alpha value is -1.69. The van der Waals surface area contributed by atoms with E-state index in [2.05, 4.69) is 10.3 Å². The molecule has 2 aromatic carbocycles. The van der Waals surface area contributed by atoms with Gasteiger partial charge < -0.3 is 5.32 Å². The second-order valence-corrected chi connectivity index (χ2v) is 6.27. The first-order valence-electron chi connectivity index (χ1n) is 7.48. The molecule has 2 aromatic rings. The number of benzene rings is 2. The summed E-state index contributed by atoms with van der Waals surface area (Å²) < 4.78 is 38.7. The molecule has 2 nitrogen and oxygen atoms in total. The van der Waals surface area contributed by atoms with Gasteiger partial charge in [0, 0.05) is 17.8 Å². The van der Waals surface area contributed by atoms with Crippen molar-refractivity contribution in [1.29, 1.82) is 0 Å². The van der Waals surface area contributed by atoms with E-state index in [4.69, 9.17) is 23.2 Å². The van der Waals surface area contributed by atoms with Crippen molar-refractivity contribution in [1.82, 2.24) is 0 Å². The van der Waals surface area contributed by atoms with E-state index in [0.717, 1.165) is 17.7 Å². The number of benzodiazepines with no additional fused rings is 1. The Kier molecular flexibility index (Phi) is 6.61. The summed E-state index contributed by atoms with van der Waals surface area (Å²) in [5.41, 5.74) is 1.79. The highest BCUT2D eigenvalue weighted by molar-refractivity contribution is 6.42. The molecule has 0 saturated carbocycles. The molecule has 26 heavy (non-hydrogen) atoms. The fraction of sp³-hybridized carbons (Fsp3) is 0.167. The van der Waals surface area contributed by atoms with E-state index in [0.29, 0.717) is 40.1 Å². The topological polar surface area (TPSA) is 24.4 Å². The van der Waals surface area contributed by atoms with Crippen LogP contribution in [-0.2, 0) is 6.18 Å². The summed E-state index contributed by atoms with van der Waals surface area (Å²) in [7, 11) is 0. The van der Waals surface area contributed by atoms with Crippen LogP contribution in [0.25, 0.3) is 6.08 Å². The molecule has 0 amide bonds. The van der Waals surface area contributed by atoms with Gasteiger partial charge in [-0.15, -0.1) is 12.4 Å². The van der Waals surface area contributed by atoms with E-state index in [1.807, 2.05) is 0 Å². The van der Waals surface area contributed by atoms with E-state index in [1.54, 1.807) is 30.4 Å². The molecule has 1 aliphatic rings. The third-order valence-corrected chi connectivity index (χ3v) is 4.45. The second kappa shape index (κ2) is 8.33. The summed E-state index contributed by atoms with van der Waals surface area (Å²) in [6.45, 7) is 0.940. The Bertz CT molecular complexity index is 861. The molecule has 0 bridgehead atoms. The molecule has 0 saturated heterocycles. The van der Waals surface area contributed by atoms with Crippen molar-refractivity contribution >= 4 is 53.1 Å². The first-order chi connectivity index (χ1) is 11.8. The third-order valence-electron chi connectivity index (χ3n) is 3.71. The summed E-state index contributed by atoms with van der Waals surface area (Å²) in [6.07, 6.45) is -0.817. The maximum Gasteiger partial charge on any atom is 0.416 e. The van der Waals surface area contributed by atoms with E-state index in [-0.39, 0.29) is 12.4 Å². The molecule has 3 rings (SSSR count). The van der Waals surface area contributed by atoms with Gasteiger partial charge in [-0.3, -0.25) is 4.99 Å². The predicted octanol–water partition coefficient (Wildman–Crippen LogP) is 6.36. The Morgan fingerprint density at radius 3 is 2.46 bits per heavy atom. The van der Waals surface area contributed by atoms with Crippen LogP contribution in [0, 0.1) is 0 Å². The van der Waals surface area contributed by atoms with E-state index in [9.17, 15) is 13.2 Å². The van der Waals surface area contributed by atoms with E-state index < -0.39 is 11.7 Å². The normalized spacial score (nSPS) is 14.1. The van der Waals surface area contributed by atoms with Crippen molar-refractivity contribution in [2.75, 3.05) is 18.4 Å². The standard InChI is InChI=1S/C18H13Cl2F3N2.ClH/c19-14-5-1-11(9-15(14)20)2-6-16-13-4-3-12(18(21,22)23)10-17(13)25-8-7-24-16;/h1-6,9-10,25H,7-8H2;1H. The highest BCUT2D eigenvalue weighted by Gasteiger charge is 2.31. The van der Waals surface area contributed by atoms with Crippen molar-refractivity contribution < 1.29 is 13.2 Å². The zero-order chi connectivity index (χ0) is 18.0. The van der Waals surface area contributed by atoms with E-state index in [1.165, 1.54) is 6.07 Å². The number of hydrogen-bond donors (Lipinski definition) is 1. The van der Waals surface area contributed by atoms with Crippen LogP contribution in [0.4, 0.5) is 18.9 Å². The van der Waals surface area contributed by atoms with Crippen LogP contribution < -0.4 is 5.32 Å². The van der Waals surface area contributed by atoms with E-state index >= 15 is 0 Å². The van der Waals surface area contributed by atoms with Crippen molar-refractivity contribution in [3.8, 4) is 0 Å². The molecule has 0 aromatic heterocycles. The number of rotatable bonds is 2. The highest BCUT2D eigenvalue weighted by Crippen LogP contribution is 2.33. The minimum Gasteiger partial charge on any atom is -0.383 e. The molecule has 1 aliphatic heterocycles. The first kappa shape index (κ1) is 20.6. The van der Waals surface area contributed by atoms with Crippen LogP contribution in [-0.4, -0.2) is 18.8 Å². The fourth-order valence-corrected chi connectivity index (χ4v) is 2.78. The molecule has 0 fully saturated rings. The smallest absolute Gasteiger partial charge is 0.383 e. The Morgan fingerprint density at radius 1 is 1.00 bits per heavy atom. The highest BCUT2D eigenvalue weighted by atomic mass is 35.5. The number of aliphatic imine (C=N–C) groups is 1. The molecule has 0 atom stereocenters. The summed E-state index contributed by atoms with van der Waals surface area (Å²) in [4.78, 5) is 4.44.